The molecular formula is C19H19NO3S. The van der Waals surface area contributed by atoms with E-state index in [1.807, 2.05) is 30.3 Å². The highest BCUT2D eigenvalue weighted by Crippen LogP contribution is 2.27. The fourth-order valence-electron chi connectivity index (χ4n) is 2.74. The lowest BCUT2D eigenvalue weighted by molar-refractivity contribution is -0.116. The van der Waals surface area contributed by atoms with Gasteiger partial charge in [0.2, 0.25) is 5.91 Å². The lowest BCUT2D eigenvalue weighted by atomic mass is 10.0. The molecule has 24 heavy (non-hydrogen) atoms. The molecule has 0 saturated heterocycles. The van der Waals surface area contributed by atoms with E-state index in [9.17, 15) is 9.00 Å². The molecule has 0 aliphatic carbocycles. The Morgan fingerprint density at radius 2 is 1.96 bits per heavy atom. The van der Waals surface area contributed by atoms with Crippen LogP contribution in [0.4, 0.5) is 5.69 Å². The largest absolute Gasteiger partial charge is 0.448 e. The molecule has 5 heteroatoms. The lowest BCUT2D eigenvalue weighted by Crippen LogP contribution is -2.19. The molecule has 4 nitrogen and oxygen atoms in total. The number of carbonyl (C=O) groups excluding carboxylic acids is 1. The van der Waals surface area contributed by atoms with Crippen LogP contribution in [-0.2, 0) is 28.9 Å². The van der Waals surface area contributed by atoms with Gasteiger partial charge in [-0.1, -0.05) is 36.4 Å². The summed E-state index contributed by atoms with van der Waals surface area (Å²) >= 11 is 0.395. The van der Waals surface area contributed by atoms with E-state index < -0.39 is 0 Å². The molecule has 1 N–H and O–H groups in total. The molecule has 1 aliphatic heterocycles. The van der Waals surface area contributed by atoms with Gasteiger partial charge in [0.25, 0.3) is 0 Å². The zero-order valence-corrected chi connectivity index (χ0v) is 14.1. The van der Waals surface area contributed by atoms with Crippen molar-refractivity contribution in [3.63, 3.8) is 0 Å². The van der Waals surface area contributed by atoms with Crippen molar-refractivity contribution in [2.75, 3.05) is 5.32 Å². The van der Waals surface area contributed by atoms with Crippen molar-refractivity contribution in [1.82, 2.24) is 0 Å². The van der Waals surface area contributed by atoms with Crippen molar-refractivity contribution in [3.8, 4) is 5.75 Å². The number of carbonyl (C=O) groups is 1. The topological polar surface area (TPSA) is 55.4 Å². The third kappa shape index (κ3) is 4.32. The number of aryl methyl sites for hydroxylation is 2. The van der Waals surface area contributed by atoms with E-state index in [-0.39, 0.29) is 5.91 Å². The van der Waals surface area contributed by atoms with E-state index in [4.69, 9.17) is 4.74 Å². The summed E-state index contributed by atoms with van der Waals surface area (Å²) in [6, 6.07) is 15.8. The molecule has 124 valence electrons. The summed E-state index contributed by atoms with van der Waals surface area (Å²) < 4.78 is 17.0. The summed E-state index contributed by atoms with van der Waals surface area (Å²) in [5.41, 5.74) is 3.13. The molecule has 0 unspecified atom stereocenters. The summed E-state index contributed by atoms with van der Waals surface area (Å²) in [5.74, 6) is 0.610. The minimum absolute atomic E-state index is 0.0184. The Morgan fingerprint density at radius 1 is 1.12 bits per heavy atom. The van der Waals surface area contributed by atoms with Crippen LogP contribution in [0.1, 0.15) is 30.4 Å². The number of hydrogen-bond donors (Lipinski definition) is 1. The molecule has 1 amide bonds. The van der Waals surface area contributed by atoms with Gasteiger partial charge in [-0.25, -0.2) is 4.21 Å². The van der Waals surface area contributed by atoms with Crippen LogP contribution in [0.3, 0.4) is 0 Å². The summed E-state index contributed by atoms with van der Waals surface area (Å²) in [6.07, 6.45) is 3.63. The van der Waals surface area contributed by atoms with E-state index in [0.717, 1.165) is 30.5 Å². The second-order valence-corrected chi connectivity index (χ2v) is 6.39. The van der Waals surface area contributed by atoms with Crippen molar-refractivity contribution in [3.05, 3.63) is 59.7 Å². The number of benzene rings is 2. The Labute approximate surface area is 144 Å². The van der Waals surface area contributed by atoms with Crippen LogP contribution in [0.15, 0.2) is 48.5 Å². The van der Waals surface area contributed by atoms with Gasteiger partial charge in [0, 0.05) is 24.6 Å². The van der Waals surface area contributed by atoms with Crippen molar-refractivity contribution < 1.29 is 13.7 Å². The minimum atomic E-state index is 0.0184. The zero-order valence-electron chi connectivity index (χ0n) is 13.3. The molecule has 0 bridgehead atoms. The first-order valence-electron chi connectivity index (χ1n) is 8.05. The van der Waals surface area contributed by atoms with Gasteiger partial charge in [0.1, 0.15) is 17.0 Å². The minimum Gasteiger partial charge on any atom is -0.448 e. The molecule has 0 radical (unpaired) electrons. The Balaban J connectivity index is 1.58. The van der Waals surface area contributed by atoms with Crippen LogP contribution in [-0.4, -0.2) is 15.2 Å². The first-order valence-corrected chi connectivity index (χ1v) is 8.79. The van der Waals surface area contributed by atoms with Crippen LogP contribution < -0.4 is 10.1 Å². The van der Waals surface area contributed by atoms with E-state index in [1.165, 1.54) is 5.56 Å². The van der Waals surface area contributed by atoms with Crippen LogP contribution in [0.2, 0.25) is 0 Å². The highest BCUT2D eigenvalue weighted by Gasteiger charge is 2.15. The molecule has 0 atom stereocenters. The van der Waals surface area contributed by atoms with Crippen molar-refractivity contribution in [2.24, 2.45) is 0 Å². The predicted molar refractivity (Wildman–Crippen MR) is 96.6 cm³/mol. The van der Waals surface area contributed by atoms with Gasteiger partial charge in [-0.05, 0) is 36.5 Å². The quantitative estimate of drug-likeness (QED) is 0.849. The number of hydrogen-bond acceptors (Lipinski definition) is 3. The van der Waals surface area contributed by atoms with Gasteiger partial charge < -0.3 is 10.1 Å². The summed E-state index contributed by atoms with van der Waals surface area (Å²) in [6.45, 7) is 0. The molecule has 0 saturated carbocycles. The van der Waals surface area contributed by atoms with Gasteiger partial charge in [0.05, 0.1) is 0 Å². The SMILES string of the molecule is O=S=C(CCCc1ccccc1)Oc1ccc2c(c1)NC(=O)CC2. The standard InChI is InChI=1S/C19H19NO3S/c21-18-12-10-15-9-11-16(13-17(15)20-18)23-19(24-22)8-4-7-14-5-2-1-3-6-14/h1-3,5-6,9,11,13H,4,7-8,10,12H2,(H,20,21). The number of fused-ring (bicyclic) bond motifs is 1. The van der Waals surface area contributed by atoms with Gasteiger partial charge in [0.15, 0.2) is 5.05 Å². The Bertz CT molecular complexity index is 782. The van der Waals surface area contributed by atoms with Crippen molar-refractivity contribution in [2.45, 2.75) is 32.1 Å². The van der Waals surface area contributed by atoms with Crippen LogP contribution in [0.25, 0.3) is 0 Å². The smallest absolute Gasteiger partial charge is 0.224 e. The molecule has 1 aliphatic rings. The van der Waals surface area contributed by atoms with Crippen molar-refractivity contribution in [1.29, 1.82) is 0 Å². The van der Waals surface area contributed by atoms with Crippen LogP contribution >= 0.6 is 0 Å². The first kappa shape index (κ1) is 16.5. The Hall–Kier alpha value is -2.40. The van der Waals surface area contributed by atoms with Gasteiger partial charge in [-0.3, -0.25) is 4.79 Å². The second-order valence-electron chi connectivity index (χ2n) is 5.76. The second kappa shape index (κ2) is 7.93. The van der Waals surface area contributed by atoms with E-state index in [2.05, 4.69) is 17.4 Å². The molecule has 0 aromatic heterocycles. The third-order valence-electron chi connectivity index (χ3n) is 3.99. The normalized spacial score (nSPS) is 12.9. The van der Waals surface area contributed by atoms with Crippen LogP contribution in [0.5, 0.6) is 5.75 Å². The summed E-state index contributed by atoms with van der Waals surface area (Å²) in [4.78, 5) is 11.5. The fraction of sp³-hybridized carbons (Fsp3) is 0.263. The van der Waals surface area contributed by atoms with Gasteiger partial charge >= 0.3 is 0 Å². The number of nitrogens with one attached hydrogen (secondary N) is 1. The van der Waals surface area contributed by atoms with Crippen molar-refractivity contribution >= 4 is 27.9 Å². The highest BCUT2D eigenvalue weighted by atomic mass is 32.1. The Kier molecular flexibility index (Phi) is 5.43. The van der Waals surface area contributed by atoms with E-state index in [0.29, 0.717) is 34.9 Å². The van der Waals surface area contributed by atoms with Gasteiger partial charge in [-0.2, -0.15) is 0 Å². The molecule has 2 aromatic rings. The summed E-state index contributed by atoms with van der Waals surface area (Å²) in [7, 11) is 0. The average Bonchev–Trinajstić information content (AvgIpc) is 2.61. The average molecular weight is 341 g/mol. The van der Waals surface area contributed by atoms with Crippen LogP contribution in [0, 0.1) is 0 Å². The number of amides is 1. The number of anilines is 1. The number of rotatable bonds is 5. The molecule has 0 fully saturated rings. The summed E-state index contributed by atoms with van der Waals surface area (Å²) in [5, 5.41) is 3.29. The van der Waals surface area contributed by atoms with Gasteiger partial charge in [-0.15, -0.1) is 0 Å². The highest BCUT2D eigenvalue weighted by molar-refractivity contribution is 7.66. The molecular weight excluding hydrogens is 322 g/mol. The maximum Gasteiger partial charge on any atom is 0.224 e. The molecule has 3 rings (SSSR count). The molecule has 1 heterocycles. The first-order chi connectivity index (χ1) is 11.7. The van der Waals surface area contributed by atoms with E-state index in [1.54, 1.807) is 6.07 Å². The monoisotopic (exact) mass is 341 g/mol. The molecule has 0 spiro atoms. The Morgan fingerprint density at radius 3 is 2.75 bits per heavy atom. The van der Waals surface area contributed by atoms with E-state index >= 15 is 0 Å². The fourth-order valence-corrected chi connectivity index (χ4v) is 3.09. The number of ether oxygens (including phenoxy) is 1. The maximum atomic E-state index is 11.5. The molecule has 2 aromatic carbocycles. The maximum absolute atomic E-state index is 11.5. The predicted octanol–water partition coefficient (Wildman–Crippen LogP) is 3.32. The zero-order chi connectivity index (χ0) is 16.8. The third-order valence-corrected chi connectivity index (χ3v) is 4.46. The lowest BCUT2D eigenvalue weighted by Gasteiger charge is -2.17.